The highest BCUT2D eigenvalue weighted by Crippen LogP contribution is 2.67. The number of imide groups is 1. The second kappa shape index (κ2) is 9.96. The number of benzene rings is 2. The van der Waals surface area contributed by atoms with Crippen molar-refractivity contribution < 1.29 is 33.3 Å². The standard InChI is InChI=1S/C33H36N6O7/c1-31(2,3)45-29(41)38-24-11-9-19(43-7)15-21(24)33(28(38)40)16-22(33)18-8-10-20-25(14-18)39(30(42)46-32(4,5)6)36-26(20)35-23-17-34-37-12-13-44-27(23)37/h8-11,14-15,17,22H,12-13,16H2,1-7H3,(H,35,36)/t22-,33-/m0/s1. The molecule has 13 heteroatoms. The van der Waals surface area contributed by atoms with Crippen molar-refractivity contribution in [3.05, 3.63) is 53.7 Å². The first-order valence-electron chi connectivity index (χ1n) is 15.2. The Morgan fingerprint density at radius 1 is 1.02 bits per heavy atom. The summed E-state index contributed by atoms with van der Waals surface area (Å²) in [6, 6.07) is 10.9. The predicted octanol–water partition coefficient (Wildman–Crippen LogP) is 5.87. The van der Waals surface area contributed by atoms with Crippen molar-refractivity contribution >= 4 is 46.2 Å². The molecule has 0 unspecified atom stereocenters. The number of hydrogen-bond acceptors (Lipinski definition) is 10. The Bertz CT molecular complexity index is 1930. The van der Waals surface area contributed by atoms with Crippen molar-refractivity contribution in [1.82, 2.24) is 19.6 Å². The summed E-state index contributed by atoms with van der Waals surface area (Å²) < 4.78 is 25.5. The fourth-order valence-electron chi connectivity index (χ4n) is 6.32. The van der Waals surface area contributed by atoms with Gasteiger partial charge < -0.3 is 24.3 Å². The molecule has 240 valence electrons. The Balaban J connectivity index is 1.30. The molecule has 4 heterocycles. The van der Waals surface area contributed by atoms with Crippen molar-refractivity contribution in [3.63, 3.8) is 0 Å². The molecule has 2 aromatic carbocycles. The van der Waals surface area contributed by atoms with Crippen LogP contribution in [0, 0.1) is 0 Å². The molecule has 0 saturated heterocycles. The van der Waals surface area contributed by atoms with Gasteiger partial charge in [-0.25, -0.2) is 19.2 Å². The Morgan fingerprint density at radius 2 is 1.76 bits per heavy atom. The summed E-state index contributed by atoms with van der Waals surface area (Å²) in [7, 11) is 1.56. The van der Waals surface area contributed by atoms with Crippen LogP contribution < -0.4 is 19.7 Å². The van der Waals surface area contributed by atoms with Gasteiger partial charge in [0.1, 0.15) is 29.2 Å². The van der Waals surface area contributed by atoms with Gasteiger partial charge in [-0.1, -0.05) is 6.07 Å². The zero-order valence-corrected chi connectivity index (χ0v) is 26.8. The lowest BCUT2D eigenvalue weighted by Gasteiger charge is -2.24. The zero-order chi connectivity index (χ0) is 32.8. The van der Waals surface area contributed by atoms with Gasteiger partial charge in [0, 0.05) is 11.3 Å². The Hall–Kier alpha value is -5.07. The molecule has 1 spiro atoms. The van der Waals surface area contributed by atoms with Crippen LogP contribution in [0.5, 0.6) is 11.6 Å². The van der Waals surface area contributed by atoms with Gasteiger partial charge in [0.15, 0.2) is 5.82 Å². The van der Waals surface area contributed by atoms with E-state index in [4.69, 9.17) is 18.9 Å². The van der Waals surface area contributed by atoms with Gasteiger partial charge >= 0.3 is 12.2 Å². The number of aromatic nitrogens is 4. The fraction of sp³-hybridized carbons (Fsp3) is 0.424. The molecule has 2 aliphatic heterocycles. The van der Waals surface area contributed by atoms with E-state index in [9.17, 15) is 14.4 Å². The molecule has 46 heavy (non-hydrogen) atoms. The molecule has 4 aromatic rings. The average molecular weight is 629 g/mol. The number of anilines is 3. The molecule has 1 saturated carbocycles. The SMILES string of the molecule is COc1ccc2c(c1)[C@]1(C[C@H]1c1ccc3c(Nc4cnn5c4OCC5)nn(C(=O)OC(C)(C)C)c3c1)C(=O)N2C(=O)OC(C)(C)C. The van der Waals surface area contributed by atoms with E-state index in [0.29, 0.717) is 64.9 Å². The minimum Gasteiger partial charge on any atom is -0.497 e. The molecule has 1 N–H and O–H groups in total. The minimum atomic E-state index is -0.998. The summed E-state index contributed by atoms with van der Waals surface area (Å²) in [5.74, 6) is 0.959. The van der Waals surface area contributed by atoms with E-state index in [0.717, 1.165) is 10.5 Å². The molecule has 2 amide bonds. The number of amides is 2. The van der Waals surface area contributed by atoms with E-state index in [1.165, 1.54) is 4.68 Å². The van der Waals surface area contributed by atoms with Crippen molar-refractivity contribution in [2.24, 2.45) is 0 Å². The number of nitrogens with zero attached hydrogens (tertiary/aromatic N) is 5. The Morgan fingerprint density at radius 3 is 2.48 bits per heavy atom. The quantitative estimate of drug-likeness (QED) is 0.292. The molecule has 0 bridgehead atoms. The summed E-state index contributed by atoms with van der Waals surface area (Å²) in [6.45, 7) is 11.8. The molecule has 13 nitrogen and oxygen atoms in total. The van der Waals surface area contributed by atoms with Crippen LogP contribution >= 0.6 is 0 Å². The summed E-state index contributed by atoms with van der Waals surface area (Å²) in [6.07, 6.45) is 0.745. The van der Waals surface area contributed by atoms with Gasteiger partial charge in [0.25, 0.3) is 0 Å². The first kappa shape index (κ1) is 29.6. The molecule has 2 aromatic heterocycles. The first-order chi connectivity index (χ1) is 21.7. The smallest absolute Gasteiger partial charge is 0.435 e. The number of rotatable bonds is 4. The number of nitrogens with one attached hydrogen (secondary N) is 1. The largest absolute Gasteiger partial charge is 0.497 e. The summed E-state index contributed by atoms with van der Waals surface area (Å²) in [5.41, 5.74) is 0.573. The molecule has 1 aliphatic carbocycles. The average Bonchev–Trinajstić information content (AvgIpc) is 3.23. The number of carbonyl (C=O) groups excluding carboxylic acids is 3. The Kier molecular flexibility index (Phi) is 6.42. The summed E-state index contributed by atoms with van der Waals surface area (Å²) >= 11 is 0. The van der Waals surface area contributed by atoms with Crippen LogP contribution in [-0.4, -0.2) is 62.6 Å². The van der Waals surface area contributed by atoms with E-state index in [1.54, 1.807) is 71.7 Å². The monoisotopic (exact) mass is 628 g/mol. The van der Waals surface area contributed by atoms with Crippen LogP contribution in [0.25, 0.3) is 10.9 Å². The molecule has 2 atom stereocenters. The van der Waals surface area contributed by atoms with Crippen molar-refractivity contribution in [2.45, 2.75) is 77.0 Å². The highest BCUT2D eigenvalue weighted by molar-refractivity contribution is 6.23. The fourth-order valence-corrected chi connectivity index (χ4v) is 6.32. The number of carbonyl (C=O) groups is 3. The summed E-state index contributed by atoms with van der Waals surface area (Å²) in [5, 5.41) is 12.9. The number of fused-ring (bicyclic) bond motifs is 4. The molecule has 0 radical (unpaired) electrons. The number of methoxy groups -OCH3 is 1. The van der Waals surface area contributed by atoms with E-state index in [-0.39, 0.29) is 11.8 Å². The Labute approximate surface area is 265 Å². The predicted molar refractivity (Wildman–Crippen MR) is 168 cm³/mol. The van der Waals surface area contributed by atoms with Gasteiger partial charge in [0.05, 0.1) is 36.5 Å². The van der Waals surface area contributed by atoms with Gasteiger partial charge in [-0.15, -0.1) is 5.10 Å². The van der Waals surface area contributed by atoms with Gasteiger partial charge in [0.2, 0.25) is 11.8 Å². The highest BCUT2D eigenvalue weighted by atomic mass is 16.6. The maximum absolute atomic E-state index is 14.2. The molecular formula is C33H36N6O7. The third kappa shape index (κ3) is 4.72. The lowest BCUT2D eigenvalue weighted by molar-refractivity contribution is -0.120. The first-order valence-corrected chi connectivity index (χ1v) is 15.2. The normalized spacial score (nSPS) is 20.0. The van der Waals surface area contributed by atoms with E-state index in [2.05, 4.69) is 15.5 Å². The van der Waals surface area contributed by atoms with Crippen molar-refractivity contribution in [3.8, 4) is 11.6 Å². The minimum absolute atomic E-state index is 0.284. The van der Waals surface area contributed by atoms with Crippen LogP contribution in [0.15, 0.2) is 42.6 Å². The van der Waals surface area contributed by atoms with E-state index < -0.39 is 28.8 Å². The lowest BCUT2D eigenvalue weighted by Crippen LogP contribution is -2.41. The van der Waals surface area contributed by atoms with Crippen molar-refractivity contribution in [2.75, 3.05) is 23.9 Å². The van der Waals surface area contributed by atoms with Crippen LogP contribution in [0.1, 0.15) is 65.0 Å². The molecular weight excluding hydrogens is 592 g/mol. The van der Waals surface area contributed by atoms with Crippen molar-refractivity contribution in [1.29, 1.82) is 0 Å². The molecule has 3 aliphatic rings. The van der Waals surface area contributed by atoms with E-state index in [1.807, 2.05) is 24.3 Å². The molecule has 7 rings (SSSR count). The maximum atomic E-state index is 14.2. The number of hydrogen-bond donors (Lipinski definition) is 1. The second-order valence-electron chi connectivity index (χ2n) is 13.8. The van der Waals surface area contributed by atoms with Gasteiger partial charge in [-0.3, -0.25) is 4.79 Å². The summed E-state index contributed by atoms with van der Waals surface area (Å²) in [4.78, 5) is 42.1. The zero-order valence-electron chi connectivity index (χ0n) is 26.8. The highest BCUT2D eigenvalue weighted by Gasteiger charge is 2.68. The van der Waals surface area contributed by atoms with Crippen LogP contribution in [-0.2, 0) is 26.2 Å². The third-order valence-electron chi connectivity index (χ3n) is 8.31. The van der Waals surface area contributed by atoms with E-state index >= 15 is 0 Å². The lowest BCUT2D eigenvalue weighted by atomic mass is 9.91. The van der Waals surface area contributed by atoms with Gasteiger partial charge in [-0.05, 0) is 89.4 Å². The second-order valence-corrected chi connectivity index (χ2v) is 13.8. The topological polar surface area (TPSA) is 139 Å². The van der Waals surface area contributed by atoms with Crippen LogP contribution in [0.2, 0.25) is 0 Å². The van der Waals surface area contributed by atoms with Crippen LogP contribution in [0.4, 0.5) is 26.8 Å². The third-order valence-corrected chi connectivity index (χ3v) is 8.31. The van der Waals surface area contributed by atoms with Gasteiger partial charge in [-0.2, -0.15) is 9.78 Å². The maximum Gasteiger partial charge on any atom is 0.435 e. The molecule has 1 fully saturated rings. The van der Waals surface area contributed by atoms with Crippen LogP contribution in [0.3, 0.4) is 0 Å². The number of ether oxygens (including phenoxy) is 4.